The zero-order valence-corrected chi connectivity index (χ0v) is 25.3. The second-order valence-electron chi connectivity index (χ2n) is 11.1. The summed E-state index contributed by atoms with van der Waals surface area (Å²) in [6, 6.07) is 5.78. The van der Waals surface area contributed by atoms with Crippen molar-refractivity contribution in [2.75, 3.05) is 37.6 Å². The highest BCUT2D eigenvalue weighted by atomic mass is 16.1. The minimum atomic E-state index is -0.0418. The summed E-state index contributed by atoms with van der Waals surface area (Å²) in [5.74, 6) is 0.641. The van der Waals surface area contributed by atoms with Gasteiger partial charge < -0.3 is 4.90 Å². The van der Waals surface area contributed by atoms with E-state index in [1.807, 2.05) is 12.3 Å². The van der Waals surface area contributed by atoms with Crippen LogP contribution in [0.3, 0.4) is 0 Å². The van der Waals surface area contributed by atoms with Crippen molar-refractivity contribution in [2.24, 2.45) is 5.92 Å². The first kappa shape index (κ1) is 30.6. The second kappa shape index (κ2) is 15.0. The minimum Gasteiger partial charge on any atom is -0.368 e. The molecule has 0 aromatic carbocycles. The van der Waals surface area contributed by atoms with Gasteiger partial charge in [0, 0.05) is 38.4 Å². The lowest BCUT2D eigenvalue weighted by atomic mass is 9.98. The van der Waals surface area contributed by atoms with Crippen molar-refractivity contribution in [3.8, 4) is 0 Å². The van der Waals surface area contributed by atoms with Crippen LogP contribution in [0.5, 0.6) is 0 Å². The van der Waals surface area contributed by atoms with Crippen LogP contribution in [-0.4, -0.2) is 47.0 Å². The summed E-state index contributed by atoms with van der Waals surface area (Å²) in [7, 11) is 0. The number of nitrogens with zero attached hydrogens (tertiary/aromatic N) is 4. The van der Waals surface area contributed by atoms with E-state index < -0.39 is 0 Å². The summed E-state index contributed by atoms with van der Waals surface area (Å²) in [6.45, 7) is 22.7. The van der Waals surface area contributed by atoms with Crippen LogP contribution in [0.1, 0.15) is 85.8 Å². The molecule has 1 atom stereocenters. The monoisotopic (exact) mass is 530 g/mol. The van der Waals surface area contributed by atoms with Crippen molar-refractivity contribution in [3.05, 3.63) is 82.0 Å². The molecule has 0 aliphatic carbocycles. The fourth-order valence-corrected chi connectivity index (χ4v) is 5.05. The van der Waals surface area contributed by atoms with Gasteiger partial charge >= 0.3 is 0 Å². The molecule has 0 spiro atoms. The van der Waals surface area contributed by atoms with Crippen molar-refractivity contribution >= 4 is 16.9 Å². The van der Waals surface area contributed by atoms with E-state index in [4.69, 9.17) is 4.98 Å². The van der Waals surface area contributed by atoms with Crippen LogP contribution in [0.2, 0.25) is 0 Å². The van der Waals surface area contributed by atoms with Gasteiger partial charge in [-0.2, -0.15) is 0 Å². The number of rotatable bonds is 13. The number of allylic oxidation sites excluding steroid dienone is 7. The lowest BCUT2D eigenvalue weighted by Crippen LogP contribution is -2.46. The van der Waals surface area contributed by atoms with Gasteiger partial charge in [-0.3, -0.25) is 14.1 Å². The van der Waals surface area contributed by atoms with Crippen LogP contribution in [-0.2, 0) is 0 Å². The first-order valence-electron chi connectivity index (χ1n) is 15.0. The molecule has 212 valence electrons. The Bertz CT molecular complexity index is 1260. The molecule has 3 rings (SSSR count). The second-order valence-corrected chi connectivity index (χ2v) is 11.1. The van der Waals surface area contributed by atoms with Gasteiger partial charge in [-0.15, -0.1) is 0 Å². The predicted octanol–water partition coefficient (Wildman–Crippen LogP) is 7.69. The summed E-state index contributed by atoms with van der Waals surface area (Å²) in [6.07, 6.45) is 15.1. The first-order chi connectivity index (χ1) is 18.8. The van der Waals surface area contributed by atoms with Crippen molar-refractivity contribution < 1.29 is 0 Å². The smallest absolute Gasteiger partial charge is 0.258 e. The van der Waals surface area contributed by atoms with Gasteiger partial charge in [0.15, 0.2) is 0 Å². The quantitative estimate of drug-likeness (QED) is 0.151. The molecule has 1 aliphatic heterocycles. The molecule has 2 aromatic rings. The average Bonchev–Trinajstić information content (AvgIpc) is 2.95. The van der Waals surface area contributed by atoms with Crippen molar-refractivity contribution in [1.29, 1.82) is 0 Å². The van der Waals surface area contributed by atoms with Crippen LogP contribution >= 0.6 is 0 Å². The van der Waals surface area contributed by atoms with Crippen LogP contribution < -0.4 is 10.5 Å². The number of hydrogen-bond acceptors (Lipinski definition) is 4. The van der Waals surface area contributed by atoms with Crippen LogP contribution in [0.15, 0.2) is 70.7 Å². The zero-order chi connectivity index (χ0) is 28.4. The number of hydrogen-bond donors (Lipinski definition) is 0. The average molecular weight is 531 g/mol. The van der Waals surface area contributed by atoms with Gasteiger partial charge in [-0.25, -0.2) is 4.98 Å². The summed E-state index contributed by atoms with van der Waals surface area (Å²) in [5, 5.41) is 0. The number of anilines is 1. The van der Waals surface area contributed by atoms with Crippen molar-refractivity contribution in [3.63, 3.8) is 0 Å². The Hall–Kier alpha value is -2.92. The van der Waals surface area contributed by atoms with E-state index in [1.165, 1.54) is 18.4 Å². The number of pyridine rings is 1. The van der Waals surface area contributed by atoms with Gasteiger partial charge in [-0.1, -0.05) is 57.6 Å². The van der Waals surface area contributed by atoms with Gasteiger partial charge in [0.1, 0.15) is 5.65 Å². The van der Waals surface area contributed by atoms with Gasteiger partial charge in [-0.05, 0) is 94.2 Å². The molecular formula is C34H50N4O. The molecule has 1 saturated heterocycles. The van der Waals surface area contributed by atoms with E-state index in [0.717, 1.165) is 86.5 Å². The molecule has 0 bridgehead atoms. The third-order valence-electron chi connectivity index (χ3n) is 8.20. The molecule has 2 aromatic heterocycles. The molecule has 1 unspecified atom stereocenters. The molecule has 39 heavy (non-hydrogen) atoms. The number of fused-ring (bicyclic) bond motifs is 1. The molecule has 3 heterocycles. The SMILES string of the molecule is C=C(CC)/C(C)=C/C(=C\CCC/C=C(/C)C(C)CC)c1cc(=O)n2cc(N3CCN(CCC)CC3)ccc2n1. The largest absolute Gasteiger partial charge is 0.368 e. The molecule has 1 fully saturated rings. The lowest BCUT2D eigenvalue weighted by molar-refractivity contribution is 0.258. The summed E-state index contributed by atoms with van der Waals surface area (Å²) in [4.78, 5) is 23.1. The highest BCUT2D eigenvalue weighted by Gasteiger charge is 2.17. The predicted molar refractivity (Wildman–Crippen MR) is 169 cm³/mol. The zero-order valence-electron chi connectivity index (χ0n) is 25.3. The normalized spacial score (nSPS) is 16.7. The van der Waals surface area contributed by atoms with Crippen LogP contribution in [0.25, 0.3) is 11.2 Å². The lowest BCUT2D eigenvalue weighted by Gasteiger charge is -2.35. The van der Waals surface area contributed by atoms with Crippen LogP contribution in [0.4, 0.5) is 5.69 Å². The number of aromatic nitrogens is 2. The maximum absolute atomic E-state index is 13.3. The van der Waals surface area contributed by atoms with Gasteiger partial charge in [0.25, 0.3) is 5.56 Å². The van der Waals surface area contributed by atoms with E-state index in [1.54, 1.807) is 10.5 Å². The Morgan fingerprint density at radius 1 is 1.08 bits per heavy atom. The Kier molecular flexibility index (Phi) is 11.8. The Labute approximate surface area is 236 Å². The molecule has 5 heteroatoms. The van der Waals surface area contributed by atoms with E-state index in [0.29, 0.717) is 11.6 Å². The van der Waals surface area contributed by atoms with Crippen molar-refractivity contribution in [2.45, 2.75) is 80.1 Å². The molecular weight excluding hydrogens is 480 g/mol. The molecule has 0 radical (unpaired) electrons. The van der Waals surface area contributed by atoms with E-state index in [2.05, 4.69) is 82.2 Å². The molecule has 1 aliphatic rings. The molecule has 0 amide bonds. The summed E-state index contributed by atoms with van der Waals surface area (Å²) >= 11 is 0. The fraction of sp³-hybridized carbons (Fsp3) is 0.529. The summed E-state index contributed by atoms with van der Waals surface area (Å²) < 4.78 is 1.69. The van der Waals surface area contributed by atoms with E-state index in [9.17, 15) is 4.79 Å². The Morgan fingerprint density at radius 3 is 2.46 bits per heavy atom. The third-order valence-corrected chi connectivity index (χ3v) is 8.20. The van der Waals surface area contributed by atoms with Gasteiger partial charge in [0.05, 0.1) is 11.4 Å². The minimum absolute atomic E-state index is 0.0418. The molecule has 0 N–H and O–H groups in total. The first-order valence-corrected chi connectivity index (χ1v) is 15.0. The fourth-order valence-electron chi connectivity index (χ4n) is 5.05. The van der Waals surface area contributed by atoms with Gasteiger partial charge in [0.2, 0.25) is 0 Å². The van der Waals surface area contributed by atoms with Crippen LogP contribution in [0, 0.1) is 5.92 Å². The molecule has 0 saturated carbocycles. The third kappa shape index (κ3) is 8.53. The molecule has 5 nitrogen and oxygen atoms in total. The number of unbranched alkanes of at least 4 members (excludes halogenated alkanes) is 2. The highest BCUT2D eigenvalue weighted by molar-refractivity contribution is 5.74. The Balaban J connectivity index is 1.85. The maximum Gasteiger partial charge on any atom is 0.258 e. The Morgan fingerprint density at radius 2 is 1.79 bits per heavy atom. The van der Waals surface area contributed by atoms with E-state index in [-0.39, 0.29) is 5.56 Å². The standard InChI is InChI=1S/C34H50N4O/c1-8-18-36-19-21-37(22-20-36)31-16-17-33-35-32(24-34(39)38(33)25-31)30(23-29(7)27(5)10-3)15-13-11-12-14-28(6)26(4)9-2/h14-17,23-26H,5,8-13,18-22H2,1-4,6-7H3/b28-14-,29-23+,30-15+. The summed E-state index contributed by atoms with van der Waals surface area (Å²) in [5.41, 5.74) is 7.18. The maximum atomic E-state index is 13.3. The number of piperazine rings is 1. The van der Waals surface area contributed by atoms with Crippen molar-refractivity contribution in [1.82, 2.24) is 14.3 Å². The van der Waals surface area contributed by atoms with E-state index >= 15 is 0 Å². The topological polar surface area (TPSA) is 40.9 Å². The highest BCUT2D eigenvalue weighted by Crippen LogP contribution is 2.23.